The Hall–Kier alpha value is -1.78. The van der Waals surface area contributed by atoms with E-state index in [1.54, 1.807) is 6.20 Å². The predicted molar refractivity (Wildman–Crippen MR) is 72.0 cm³/mol. The molecule has 1 aliphatic carbocycles. The average Bonchev–Trinajstić information content (AvgIpc) is 3.19. The van der Waals surface area contributed by atoms with Gasteiger partial charge in [-0.2, -0.15) is 0 Å². The van der Waals surface area contributed by atoms with Gasteiger partial charge in [-0.3, -0.25) is 4.98 Å². The highest BCUT2D eigenvalue weighted by Gasteiger charge is 2.31. The van der Waals surface area contributed by atoms with Crippen LogP contribution >= 0.6 is 0 Å². The Balaban J connectivity index is 2.34. The Bertz CT molecular complexity index is 440. The molecule has 1 saturated carbocycles. The lowest BCUT2D eigenvalue weighted by molar-refractivity contribution is 0.318. The number of nitrogens with two attached hydrogens (primary N) is 1. The molecule has 18 heavy (non-hydrogen) atoms. The van der Waals surface area contributed by atoms with Gasteiger partial charge in [0.1, 0.15) is 5.69 Å². The van der Waals surface area contributed by atoms with E-state index in [0.29, 0.717) is 17.7 Å². The Kier molecular flexibility index (Phi) is 3.69. The number of hydrogen-bond acceptors (Lipinski definition) is 4. The second kappa shape index (κ2) is 5.25. The lowest BCUT2D eigenvalue weighted by Gasteiger charge is -2.27. The number of nitrogens with zero attached hydrogens (tertiary/aromatic N) is 3. The molecule has 0 bridgehead atoms. The van der Waals surface area contributed by atoms with Crippen LogP contribution in [-0.2, 0) is 0 Å². The average molecular weight is 248 g/mol. The monoisotopic (exact) mass is 248 g/mol. The van der Waals surface area contributed by atoms with E-state index in [0.717, 1.165) is 12.2 Å². The van der Waals surface area contributed by atoms with Gasteiger partial charge in [-0.05, 0) is 30.9 Å². The number of aromatic nitrogens is 1. The van der Waals surface area contributed by atoms with Crippen molar-refractivity contribution >= 4 is 11.5 Å². The first-order valence-electron chi connectivity index (χ1n) is 6.33. The minimum Gasteiger partial charge on any atom is -0.409 e. The summed E-state index contributed by atoms with van der Waals surface area (Å²) in [6, 6.07) is 4.45. The van der Waals surface area contributed by atoms with Crippen LogP contribution in [0.2, 0.25) is 0 Å². The maximum atomic E-state index is 8.83. The normalized spacial score (nSPS) is 16.1. The minimum absolute atomic E-state index is 0.0695. The van der Waals surface area contributed by atoms with E-state index in [2.05, 4.69) is 28.9 Å². The third kappa shape index (κ3) is 2.72. The molecule has 1 aliphatic rings. The van der Waals surface area contributed by atoms with Gasteiger partial charge >= 0.3 is 0 Å². The maximum Gasteiger partial charge on any atom is 0.190 e. The number of oxime groups is 1. The number of hydrogen-bond donors (Lipinski definition) is 2. The SMILES string of the molecule is CC(C)CN(c1cccnc1/C(N)=N/O)C1CC1. The lowest BCUT2D eigenvalue weighted by atomic mass is 10.1. The number of amidine groups is 1. The van der Waals surface area contributed by atoms with Crippen LogP contribution < -0.4 is 10.6 Å². The van der Waals surface area contributed by atoms with Crippen LogP contribution in [0.5, 0.6) is 0 Å². The van der Waals surface area contributed by atoms with Crippen LogP contribution in [0.1, 0.15) is 32.4 Å². The first-order valence-corrected chi connectivity index (χ1v) is 6.33. The molecule has 3 N–H and O–H groups in total. The highest BCUT2D eigenvalue weighted by molar-refractivity contribution is 6.00. The smallest absolute Gasteiger partial charge is 0.190 e. The quantitative estimate of drug-likeness (QED) is 0.360. The van der Waals surface area contributed by atoms with Crippen molar-refractivity contribution in [3.63, 3.8) is 0 Å². The lowest BCUT2D eigenvalue weighted by Crippen LogP contribution is -2.32. The molecule has 0 aromatic carbocycles. The van der Waals surface area contributed by atoms with Crippen molar-refractivity contribution in [3.8, 4) is 0 Å². The van der Waals surface area contributed by atoms with Gasteiger partial charge in [-0.1, -0.05) is 19.0 Å². The van der Waals surface area contributed by atoms with Crippen molar-refractivity contribution in [3.05, 3.63) is 24.0 Å². The Labute approximate surface area is 107 Å². The molecule has 98 valence electrons. The van der Waals surface area contributed by atoms with Crippen LogP contribution in [0.4, 0.5) is 5.69 Å². The number of anilines is 1. The van der Waals surface area contributed by atoms with E-state index in [4.69, 9.17) is 10.9 Å². The Morgan fingerprint density at radius 3 is 2.89 bits per heavy atom. The van der Waals surface area contributed by atoms with Crippen LogP contribution in [0.3, 0.4) is 0 Å². The fourth-order valence-electron chi connectivity index (χ4n) is 2.10. The summed E-state index contributed by atoms with van der Waals surface area (Å²) in [4.78, 5) is 6.55. The fourth-order valence-corrected chi connectivity index (χ4v) is 2.10. The van der Waals surface area contributed by atoms with Gasteiger partial charge in [0.05, 0.1) is 5.69 Å². The van der Waals surface area contributed by atoms with E-state index in [-0.39, 0.29) is 5.84 Å². The summed E-state index contributed by atoms with van der Waals surface area (Å²) in [5, 5.41) is 11.9. The zero-order valence-electron chi connectivity index (χ0n) is 10.9. The van der Waals surface area contributed by atoms with Crippen molar-refractivity contribution < 1.29 is 5.21 Å². The summed E-state index contributed by atoms with van der Waals surface area (Å²) in [6.45, 7) is 5.34. The Morgan fingerprint density at radius 2 is 2.33 bits per heavy atom. The van der Waals surface area contributed by atoms with Gasteiger partial charge in [-0.25, -0.2) is 0 Å². The molecule has 0 amide bonds. The summed E-state index contributed by atoms with van der Waals surface area (Å²) >= 11 is 0. The van der Waals surface area contributed by atoms with Gasteiger partial charge in [0.2, 0.25) is 0 Å². The van der Waals surface area contributed by atoms with Crippen LogP contribution in [0.25, 0.3) is 0 Å². The zero-order valence-corrected chi connectivity index (χ0v) is 10.9. The van der Waals surface area contributed by atoms with Crippen molar-refractivity contribution in [1.82, 2.24) is 4.98 Å². The molecule has 0 spiro atoms. The van der Waals surface area contributed by atoms with Gasteiger partial charge in [-0.15, -0.1) is 0 Å². The first kappa shape index (κ1) is 12.7. The molecule has 2 rings (SSSR count). The van der Waals surface area contributed by atoms with E-state index in [9.17, 15) is 0 Å². The summed E-state index contributed by atoms with van der Waals surface area (Å²) in [7, 11) is 0. The summed E-state index contributed by atoms with van der Waals surface area (Å²) in [5.74, 6) is 0.631. The largest absolute Gasteiger partial charge is 0.409 e. The molecule has 0 radical (unpaired) electrons. The second-order valence-corrected chi connectivity index (χ2v) is 5.13. The minimum atomic E-state index is 0.0695. The topological polar surface area (TPSA) is 74.7 Å². The molecule has 1 aromatic heterocycles. The third-order valence-electron chi connectivity index (χ3n) is 3.00. The Morgan fingerprint density at radius 1 is 1.61 bits per heavy atom. The fraction of sp³-hybridized carbons (Fsp3) is 0.538. The molecule has 1 heterocycles. The highest BCUT2D eigenvalue weighted by atomic mass is 16.4. The van der Waals surface area contributed by atoms with Crippen LogP contribution in [0.15, 0.2) is 23.5 Å². The van der Waals surface area contributed by atoms with Crippen molar-refractivity contribution in [1.29, 1.82) is 0 Å². The molecule has 0 aliphatic heterocycles. The highest BCUT2D eigenvalue weighted by Crippen LogP contribution is 2.33. The van der Waals surface area contributed by atoms with Crippen molar-refractivity contribution in [2.75, 3.05) is 11.4 Å². The van der Waals surface area contributed by atoms with Gasteiger partial charge < -0.3 is 15.8 Å². The van der Waals surface area contributed by atoms with E-state index < -0.39 is 0 Å². The first-order chi connectivity index (χ1) is 8.63. The van der Waals surface area contributed by atoms with Gasteiger partial charge in [0.15, 0.2) is 5.84 Å². The summed E-state index contributed by atoms with van der Waals surface area (Å²) < 4.78 is 0. The number of pyridine rings is 1. The molecular formula is C13H20N4O. The van der Waals surface area contributed by atoms with Gasteiger partial charge in [0, 0.05) is 18.8 Å². The zero-order chi connectivity index (χ0) is 13.1. The third-order valence-corrected chi connectivity index (χ3v) is 3.00. The number of rotatable bonds is 5. The molecule has 0 unspecified atom stereocenters. The molecule has 0 saturated heterocycles. The van der Waals surface area contributed by atoms with E-state index in [1.165, 1.54) is 12.8 Å². The molecule has 1 aromatic rings. The predicted octanol–water partition coefficient (Wildman–Crippen LogP) is 1.80. The molecule has 0 atom stereocenters. The van der Waals surface area contributed by atoms with Crippen LogP contribution in [0, 0.1) is 5.92 Å². The summed E-state index contributed by atoms with van der Waals surface area (Å²) in [6.07, 6.45) is 4.08. The van der Waals surface area contributed by atoms with Crippen molar-refractivity contribution in [2.45, 2.75) is 32.7 Å². The summed E-state index contributed by atoms with van der Waals surface area (Å²) in [5.41, 5.74) is 7.22. The standard InChI is InChI=1S/C13H20N4O/c1-9(2)8-17(10-5-6-10)11-4-3-7-15-12(11)13(14)16-18/h3-4,7,9-10,18H,5-6,8H2,1-2H3,(H2,14,16). The molecule has 5 heteroatoms. The maximum absolute atomic E-state index is 8.83. The second-order valence-electron chi connectivity index (χ2n) is 5.13. The van der Waals surface area contributed by atoms with Gasteiger partial charge in [0.25, 0.3) is 0 Å². The van der Waals surface area contributed by atoms with Crippen molar-refractivity contribution in [2.24, 2.45) is 16.8 Å². The van der Waals surface area contributed by atoms with Crippen LogP contribution in [-0.4, -0.2) is 28.6 Å². The molecule has 5 nitrogen and oxygen atoms in total. The molecule has 1 fully saturated rings. The van der Waals surface area contributed by atoms with E-state index >= 15 is 0 Å². The molecular weight excluding hydrogens is 228 g/mol. The van der Waals surface area contributed by atoms with E-state index in [1.807, 2.05) is 12.1 Å².